The minimum absolute atomic E-state index is 0.176. The quantitative estimate of drug-likeness (QED) is 0.465. The molecule has 4 atom stereocenters. The Hall–Kier alpha value is -2.78. The summed E-state index contributed by atoms with van der Waals surface area (Å²) in [6, 6.07) is 16.9. The number of carbonyl (C=O) groups excluding carboxylic acids is 2. The molecule has 32 heavy (non-hydrogen) atoms. The lowest BCUT2D eigenvalue weighted by molar-refractivity contribution is -0.284. The Kier molecular flexibility index (Phi) is 7.98. The number of rotatable bonds is 9. The first kappa shape index (κ1) is 23.9. The minimum Gasteiger partial charge on any atom is -0.456 e. The highest BCUT2D eigenvalue weighted by Gasteiger charge is 2.46. The second-order valence-corrected chi connectivity index (χ2v) is 7.79. The molecule has 172 valence electrons. The topological polar surface area (TPSA) is 101 Å². The van der Waals surface area contributed by atoms with Crippen LogP contribution < -0.4 is 0 Å². The van der Waals surface area contributed by atoms with Crippen molar-refractivity contribution in [1.29, 1.82) is 0 Å². The summed E-state index contributed by atoms with van der Waals surface area (Å²) in [5, 5.41) is 9.95. The molecule has 1 unspecified atom stereocenters. The lowest BCUT2D eigenvalue weighted by Crippen LogP contribution is -2.42. The van der Waals surface area contributed by atoms with Crippen LogP contribution in [0, 0.1) is 0 Å². The second-order valence-electron chi connectivity index (χ2n) is 7.79. The van der Waals surface area contributed by atoms with Gasteiger partial charge in [-0.15, -0.1) is 0 Å². The largest absolute Gasteiger partial charge is 0.456 e. The van der Waals surface area contributed by atoms with Crippen LogP contribution in [0.5, 0.6) is 0 Å². The molecule has 8 nitrogen and oxygen atoms in total. The number of carbonyl (C=O) groups is 2. The SMILES string of the molecule is COC(C)(C)O[C@@H]1C[C@H](OC(=O)c2ccccc2)[C@@H](C(CO)OC(=O)c2ccccc2)O1. The van der Waals surface area contributed by atoms with Crippen molar-refractivity contribution in [3.8, 4) is 0 Å². The average molecular weight is 444 g/mol. The number of ether oxygens (including phenoxy) is 5. The Morgan fingerprint density at radius 1 is 1.03 bits per heavy atom. The summed E-state index contributed by atoms with van der Waals surface area (Å²) < 4.78 is 28.2. The van der Waals surface area contributed by atoms with Gasteiger partial charge >= 0.3 is 11.9 Å². The van der Waals surface area contributed by atoms with E-state index in [0.29, 0.717) is 11.1 Å². The lowest BCUT2D eigenvalue weighted by atomic mass is 10.1. The lowest BCUT2D eigenvalue weighted by Gasteiger charge is -2.28. The standard InChI is InChI=1S/C24H28O8/c1-24(2,28-3)32-20-14-18(29-22(26)16-10-6-4-7-11-16)21(31-20)19(15-25)30-23(27)17-12-8-5-9-13-17/h4-13,18-21,25H,14-15H2,1-3H3/t18-,19?,20+,21-/m0/s1. The van der Waals surface area contributed by atoms with Crippen LogP contribution >= 0.6 is 0 Å². The molecule has 8 heteroatoms. The number of aliphatic hydroxyl groups excluding tert-OH is 1. The normalized spacial score (nSPS) is 21.7. The molecule has 0 bridgehead atoms. The summed E-state index contributed by atoms with van der Waals surface area (Å²) in [7, 11) is 1.50. The van der Waals surface area contributed by atoms with E-state index in [1.807, 2.05) is 0 Å². The van der Waals surface area contributed by atoms with E-state index >= 15 is 0 Å². The fourth-order valence-corrected chi connectivity index (χ4v) is 3.29. The molecule has 3 rings (SSSR count). The number of methoxy groups -OCH3 is 1. The molecular weight excluding hydrogens is 416 g/mol. The third kappa shape index (κ3) is 6.14. The smallest absolute Gasteiger partial charge is 0.338 e. The molecule has 1 saturated heterocycles. The molecule has 0 radical (unpaired) electrons. The van der Waals surface area contributed by atoms with E-state index < -0.39 is 48.9 Å². The third-order valence-electron chi connectivity index (χ3n) is 5.09. The molecular formula is C24H28O8. The summed E-state index contributed by atoms with van der Waals surface area (Å²) in [4.78, 5) is 25.2. The fraction of sp³-hybridized carbons (Fsp3) is 0.417. The first-order valence-electron chi connectivity index (χ1n) is 10.3. The minimum atomic E-state index is -1.07. The van der Waals surface area contributed by atoms with Gasteiger partial charge < -0.3 is 28.8 Å². The molecule has 1 fully saturated rings. The Labute approximate surface area is 187 Å². The van der Waals surface area contributed by atoms with Gasteiger partial charge in [0.05, 0.1) is 17.7 Å². The summed E-state index contributed by atoms with van der Waals surface area (Å²) in [6.07, 6.45) is -3.45. The van der Waals surface area contributed by atoms with Crippen molar-refractivity contribution in [2.24, 2.45) is 0 Å². The van der Waals surface area contributed by atoms with Crippen LogP contribution in [-0.4, -0.2) is 61.2 Å². The molecule has 0 spiro atoms. The van der Waals surface area contributed by atoms with E-state index in [4.69, 9.17) is 23.7 Å². The van der Waals surface area contributed by atoms with Gasteiger partial charge in [0, 0.05) is 13.5 Å². The van der Waals surface area contributed by atoms with Crippen molar-refractivity contribution >= 4 is 11.9 Å². The van der Waals surface area contributed by atoms with Crippen LogP contribution in [0.25, 0.3) is 0 Å². The highest BCUT2D eigenvalue weighted by molar-refractivity contribution is 5.90. The molecule has 0 aromatic heterocycles. The van der Waals surface area contributed by atoms with Gasteiger partial charge in [-0.3, -0.25) is 0 Å². The zero-order valence-electron chi connectivity index (χ0n) is 18.3. The van der Waals surface area contributed by atoms with Gasteiger partial charge in [-0.2, -0.15) is 0 Å². The van der Waals surface area contributed by atoms with Gasteiger partial charge in [0.2, 0.25) is 0 Å². The number of hydrogen-bond acceptors (Lipinski definition) is 8. The van der Waals surface area contributed by atoms with Gasteiger partial charge in [-0.1, -0.05) is 36.4 Å². The second kappa shape index (κ2) is 10.7. The van der Waals surface area contributed by atoms with Gasteiger partial charge in [-0.25, -0.2) is 9.59 Å². The van der Waals surface area contributed by atoms with Crippen LogP contribution in [0.1, 0.15) is 41.0 Å². The van der Waals surface area contributed by atoms with Crippen molar-refractivity contribution in [1.82, 2.24) is 0 Å². The van der Waals surface area contributed by atoms with E-state index in [1.165, 1.54) is 7.11 Å². The van der Waals surface area contributed by atoms with Crippen molar-refractivity contribution in [2.45, 2.75) is 50.7 Å². The zero-order valence-corrected chi connectivity index (χ0v) is 18.3. The molecule has 2 aromatic rings. The molecule has 1 aliphatic rings. The van der Waals surface area contributed by atoms with Crippen LogP contribution in [0.4, 0.5) is 0 Å². The van der Waals surface area contributed by atoms with Crippen molar-refractivity contribution in [3.05, 3.63) is 71.8 Å². The zero-order chi connectivity index (χ0) is 23.1. The molecule has 1 aliphatic heterocycles. The summed E-state index contributed by atoms with van der Waals surface area (Å²) in [5.74, 6) is -2.13. The molecule has 0 amide bonds. The van der Waals surface area contributed by atoms with E-state index in [9.17, 15) is 14.7 Å². The van der Waals surface area contributed by atoms with E-state index in [1.54, 1.807) is 74.5 Å². The van der Waals surface area contributed by atoms with E-state index in [2.05, 4.69) is 0 Å². The fourth-order valence-electron chi connectivity index (χ4n) is 3.29. The van der Waals surface area contributed by atoms with Crippen LogP contribution in [0.2, 0.25) is 0 Å². The van der Waals surface area contributed by atoms with Gasteiger partial charge in [-0.05, 0) is 38.1 Å². The maximum atomic E-state index is 12.6. The molecule has 1 N–H and O–H groups in total. The van der Waals surface area contributed by atoms with Crippen LogP contribution in [0.3, 0.4) is 0 Å². The number of esters is 2. The predicted octanol–water partition coefficient (Wildman–Crippen LogP) is 2.94. The van der Waals surface area contributed by atoms with Crippen molar-refractivity contribution in [2.75, 3.05) is 13.7 Å². The first-order chi connectivity index (χ1) is 15.3. The Morgan fingerprint density at radius 3 is 2.12 bits per heavy atom. The highest BCUT2D eigenvalue weighted by Crippen LogP contribution is 2.31. The van der Waals surface area contributed by atoms with Crippen molar-refractivity contribution < 1.29 is 38.4 Å². The van der Waals surface area contributed by atoms with Crippen molar-refractivity contribution in [3.63, 3.8) is 0 Å². The maximum absolute atomic E-state index is 12.6. The third-order valence-corrected chi connectivity index (χ3v) is 5.09. The maximum Gasteiger partial charge on any atom is 0.338 e. The van der Waals surface area contributed by atoms with Gasteiger partial charge in [0.15, 0.2) is 18.2 Å². The summed E-state index contributed by atoms with van der Waals surface area (Å²) in [6.45, 7) is 2.91. The highest BCUT2D eigenvalue weighted by atomic mass is 16.8. The molecule has 0 aliphatic carbocycles. The Balaban J connectivity index is 1.77. The monoisotopic (exact) mass is 444 g/mol. The van der Waals surface area contributed by atoms with Gasteiger partial charge in [0.25, 0.3) is 0 Å². The van der Waals surface area contributed by atoms with Gasteiger partial charge in [0.1, 0.15) is 12.2 Å². The van der Waals surface area contributed by atoms with Crippen LogP contribution in [-0.2, 0) is 23.7 Å². The predicted molar refractivity (Wildman–Crippen MR) is 114 cm³/mol. The number of aliphatic hydroxyl groups is 1. The number of benzene rings is 2. The Morgan fingerprint density at radius 2 is 1.59 bits per heavy atom. The molecule has 2 aromatic carbocycles. The van der Waals surface area contributed by atoms with E-state index in [0.717, 1.165) is 0 Å². The molecule has 0 saturated carbocycles. The summed E-state index contributed by atoms with van der Waals surface area (Å²) in [5.41, 5.74) is 0.699. The summed E-state index contributed by atoms with van der Waals surface area (Å²) >= 11 is 0. The average Bonchev–Trinajstić information content (AvgIpc) is 3.19. The Bertz CT molecular complexity index is 883. The number of hydrogen-bond donors (Lipinski definition) is 1. The van der Waals surface area contributed by atoms with E-state index in [-0.39, 0.29) is 6.42 Å². The molecule has 1 heterocycles. The first-order valence-corrected chi connectivity index (χ1v) is 10.3. The van der Waals surface area contributed by atoms with Crippen LogP contribution in [0.15, 0.2) is 60.7 Å².